The Labute approximate surface area is 148 Å². The molecule has 0 radical (unpaired) electrons. The number of aryl methyl sites for hydroxylation is 1. The van der Waals surface area contributed by atoms with Crippen LogP contribution in [-0.4, -0.2) is 61.5 Å². The first kappa shape index (κ1) is 17.0. The van der Waals surface area contributed by atoms with E-state index in [1.807, 2.05) is 6.07 Å². The molecule has 2 fully saturated rings. The highest BCUT2D eigenvalue weighted by Crippen LogP contribution is 2.39. The van der Waals surface area contributed by atoms with Crippen molar-refractivity contribution in [2.45, 2.75) is 57.0 Å². The summed E-state index contributed by atoms with van der Waals surface area (Å²) in [4.78, 5) is 7.09. The van der Waals surface area contributed by atoms with Gasteiger partial charge in [-0.2, -0.15) is 0 Å². The maximum atomic E-state index is 10.4. The standard InChI is InChI=1S/C19H27N3O3/c1-14-3-4-17-20-15(11-22(17)9-14)10-21-7-5-19(6-8-21)13-18(2,24)16(23)12-25-19/h3-4,9,11,16,23-24H,5-8,10,12-13H2,1-2H3/t16-,18-/m0/s1. The molecule has 0 amide bonds. The second-order valence-corrected chi connectivity index (χ2v) is 8.02. The average Bonchev–Trinajstić information content (AvgIpc) is 2.95. The Balaban J connectivity index is 1.40. The first-order valence-corrected chi connectivity index (χ1v) is 9.06. The Morgan fingerprint density at radius 1 is 1.28 bits per heavy atom. The van der Waals surface area contributed by atoms with Crippen LogP contribution >= 0.6 is 0 Å². The number of hydrogen-bond donors (Lipinski definition) is 2. The van der Waals surface area contributed by atoms with E-state index in [0.29, 0.717) is 6.42 Å². The van der Waals surface area contributed by atoms with E-state index in [9.17, 15) is 10.2 Å². The van der Waals surface area contributed by atoms with Crippen LogP contribution in [0.5, 0.6) is 0 Å². The molecule has 2 N–H and O–H groups in total. The first-order chi connectivity index (χ1) is 11.9. The molecule has 2 atom stereocenters. The minimum Gasteiger partial charge on any atom is -0.388 e. The number of nitrogens with zero attached hydrogens (tertiary/aromatic N) is 3. The van der Waals surface area contributed by atoms with Crippen molar-refractivity contribution in [1.29, 1.82) is 0 Å². The summed E-state index contributed by atoms with van der Waals surface area (Å²) in [5, 5.41) is 20.3. The Morgan fingerprint density at radius 2 is 2.04 bits per heavy atom. The molecule has 2 aliphatic heterocycles. The van der Waals surface area contributed by atoms with Gasteiger partial charge in [0.15, 0.2) is 0 Å². The van der Waals surface area contributed by atoms with Gasteiger partial charge in [-0.15, -0.1) is 0 Å². The number of rotatable bonds is 2. The fourth-order valence-electron chi connectivity index (χ4n) is 4.16. The number of aliphatic hydroxyl groups excluding tert-OH is 1. The molecule has 0 unspecified atom stereocenters. The molecule has 25 heavy (non-hydrogen) atoms. The van der Waals surface area contributed by atoms with E-state index in [4.69, 9.17) is 9.72 Å². The Kier molecular flexibility index (Phi) is 4.11. The molecular weight excluding hydrogens is 318 g/mol. The number of aromatic nitrogens is 2. The molecule has 0 bridgehead atoms. The lowest BCUT2D eigenvalue weighted by molar-refractivity contribution is -0.223. The second-order valence-electron chi connectivity index (χ2n) is 8.02. The Morgan fingerprint density at radius 3 is 2.76 bits per heavy atom. The third kappa shape index (κ3) is 3.31. The fourth-order valence-corrected chi connectivity index (χ4v) is 4.16. The van der Waals surface area contributed by atoms with Gasteiger partial charge in [0.05, 0.1) is 23.5 Å². The predicted molar refractivity (Wildman–Crippen MR) is 94.4 cm³/mol. The van der Waals surface area contributed by atoms with E-state index in [1.165, 1.54) is 5.56 Å². The zero-order valence-electron chi connectivity index (χ0n) is 15.0. The maximum absolute atomic E-state index is 10.4. The van der Waals surface area contributed by atoms with Crippen molar-refractivity contribution in [3.8, 4) is 0 Å². The highest BCUT2D eigenvalue weighted by Gasteiger charge is 2.48. The van der Waals surface area contributed by atoms with E-state index in [0.717, 1.165) is 43.8 Å². The van der Waals surface area contributed by atoms with Crippen molar-refractivity contribution in [2.24, 2.45) is 0 Å². The summed E-state index contributed by atoms with van der Waals surface area (Å²) < 4.78 is 8.04. The summed E-state index contributed by atoms with van der Waals surface area (Å²) in [6, 6.07) is 4.13. The van der Waals surface area contributed by atoms with Gasteiger partial charge in [-0.1, -0.05) is 6.07 Å². The van der Waals surface area contributed by atoms with Crippen LogP contribution in [0.15, 0.2) is 24.5 Å². The number of pyridine rings is 1. The van der Waals surface area contributed by atoms with E-state index in [-0.39, 0.29) is 12.2 Å². The van der Waals surface area contributed by atoms with Crippen LogP contribution in [-0.2, 0) is 11.3 Å². The highest BCUT2D eigenvalue weighted by molar-refractivity contribution is 5.41. The molecule has 1 spiro atoms. The molecule has 0 aliphatic carbocycles. The summed E-state index contributed by atoms with van der Waals surface area (Å²) in [5.74, 6) is 0. The molecule has 4 rings (SSSR count). The minimum absolute atomic E-state index is 0.221. The summed E-state index contributed by atoms with van der Waals surface area (Å²) in [6.07, 6.45) is 5.66. The van der Waals surface area contributed by atoms with Crippen molar-refractivity contribution in [1.82, 2.24) is 14.3 Å². The SMILES string of the molecule is Cc1ccc2nc(CN3CCC4(CC3)C[C@](C)(O)[C@@H](O)CO4)cn2c1. The van der Waals surface area contributed by atoms with Crippen LogP contribution < -0.4 is 0 Å². The lowest BCUT2D eigenvalue weighted by Gasteiger charge is -2.49. The Hall–Kier alpha value is -1.47. The van der Waals surface area contributed by atoms with Crippen LogP contribution in [0.4, 0.5) is 0 Å². The van der Waals surface area contributed by atoms with Gasteiger partial charge in [-0.05, 0) is 38.3 Å². The molecule has 6 nitrogen and oxygen atoms in total. The van der Waals surface area contributed by atoms with Crippen LogP contribution in [0.2, 0.25) is 0 Å². The van der Waals surface area contributed by atoms with Crippen LogP contribution in [0.1, 0.15) is 37.4 Å². The lowest BCUT2D eigenvalue weighted by atomic mass is 9.76. The van der Waals surface area contributed by atoms with Crippen molar-refractivity contribution in [2.75, 3.05) is 19.7 Å². The summed E-state index contributed by atoms with van der Waals surface area (Å²) in [6.45, 7) is 6.68. The molecule has 6 heteroatoms. The van der Waals surface area contributed by atoms with Crippen molar-refractivity contribution in [3.63, 3.8) is 0 Å². The number of likely N-dealkylation sites (tertiary alicyclic amines) is 1. The number of aliphatic hydroxyl groups is 2. The molecule has 2 aliphatic rings. The van der Waals surface area contributed by atoms with Gasteiger partial charge in [0.1, 0.15) is 11.8 Å². The smallest absolute Gasteiger partial charge is 0.137 e. The molecule has 136 valence electrons. The zero-order valence-corrected chi connectivity index (χ0v) is 15.0. The van der Waals surface area contributed by atoms with Crippen LogP contribution in [0.3, 0.4) is 0 Å². The van der Waals surface area contributed by atoms with Gasteiger partial charge in [-0.3, -0.25) is 4.90 Å². The summed E-state index contributed by atoms with van der Waals surface area (Å²) >= 11 is 0. The monoisotopic (exact) mass is 345 g/mol. The van der Waals surface area contributed by atoms with Crippen molar-refractivity contribution >= 4 is 5.65 Å². The largest absolute Gasteiger partial charge is 0.388 e. The summed E-state index contributed by atoms with van der Waals surface area (Å²) in [7, 11) is 0. The Bertz CT molecular complexity index is 762. The topological polar surface area (TPSA) is 70.2 Å². The van der Waals surface area contributed by atoms with Gasteiger partial charge < -0.3 is 19.4 Å². The predicted octanol–water partition coefficient (Wildman–Crippen LogP) is 1.51. The first-order valence-electron chi connectivity index (χ1n) is 9.06. The molecule has 4 heterocycles. The zero-order chi connectivity index (χ0) is 17.7. The quantitative estimate of drug-likeness (QED) is 0.863. The van der Waals surface area contributed by atoms with Crippen LogP contribution in [0.25, 0.3) is 5.65 Å². The molecule has 2 aromatic heterocycles. The van der Waals surface area contributed by atoms with E-state index >= 15 is 0 Å². The second kappa shape index (κ2) is 6.06. The van der Waals surface area contributed by atoms with Gasteiger partial charge in [0.2, 0.25) is 0 Å². The maximum Gasteiger partial charge on any atom is 0.137 e. The number of imidazole rings is 1. The number of fused-ring (bicyclic) bond motifs is 1. The highest BCUT2D eigenvalue weighted by atomic mass is 16.5. The van der Waals surface area contributed by atoms with E-state index in [2.05, 4.69) is 34.7 Å². The summed E-state index contributed by atoms with van der Waals surface area (Å²) in [5.41, 5.74) is 1.93. The number of ether oxygens (including phenoxy) is 1. The van der Waals surface area contributed by atoms with Gasteiger partial charge in [0, 0.05) is 38.4 Å². The molecule has 2 aromatic rings. The van der Waals surface area contributed by atoms with Crippen LogP contribution in [0, 0.1) is 6.92 Å². The molecular formula is C19H27N3O3. The lowest BCUT2D eigenvalue weighted by Crippen LogP contribution is -2.59. The van der Waals surface area contributed by atoms with Crippen molar-refractivity contribution in [3.05, 3.63) is 35.8 Å². The fraction of sp³-hybridized carbons (Fsp3) is 0.632. The molecule has 2 saturated heterocycles. The molecule has 0 saturated carbocycles. The van der Waals surface area contributed by atoms with Gasteiger partial charge >= 0.3 is 0 Å². The van der Waals surface area contributed by atoms with E-state index in [1.54, 1.807) is 6.92 Å². The van der Waals surface area contributed by atoms with Gasteiger partial charge in [-0.25, -0.2) is 4.98 Å². The molecule has 0 aromatic carbocycles. The van der Waals surface area contributed by atoms with Gasteiger partial charge in [0.25, 0.3) is 0 Å². The normalized spacial score (nSPS) is 30.2. The van der Waals surface area contributed by atoms with Crippen molar-refractivity contribution < 1.29 is 14.9 Å². The minimum atomic E-state index is -1.06. The third-order valence-corrected chi connectivity index (χ3v) is 5.75. The third-order valence-electron chi connectivity index (χ3n) is 5.75. The average molecular weight is 345 g/mol. The van der Waals surface area contributed by atoms with E-state index < -0.39 is 11.7 Å². The number of piperidine rings is 1. The number of hydrogen-bond acceptors (Lipinski definition) is 5.